The van der Waals surface area contributed by atoms with E-state index in [0.717, 1.165) is 0 Å². The van der Waals surface area contributed by atoms with E-state index < -0.39 is 18.9 Å². The minimum absolute atomic E-state index is 1.83. The summed E-state index contributed by atoms with van der Waals surface area (Å²) in [5.41, 5.74) is 0. The van der Waals surface area contributed by atoms with E-state index >= 15 is 0 Å². The Morgan fingerprint density at radius 1 is 0.923 bits per heavy atom. The molecule has 0 saturated heterocycles. The van der Waals surface area contributed by atoms with Gasteiger partial charge >= 0.3 is 81.8 Å². The standard InChI is InChI=1S/2C3H3N2.2CH3.Sn/c2*1-2-5-3-4-1;;;/h2*1-3H;2*1H3;/q2*-1;;;+2. The van der Waals surface area contributed by atoms with Crippen LogP contribution in [-0.2, 0) is 0 Å². The van der Waals surface area contributed by atoms with Crippen LogP contribution in [0.25, 0.3) is 0 Å². The Kier molecular flexibility index (Phi) is 2.15. The van der Waals surface area contributed by atoms with Gasteiger partial charge in [0.2, 0.25) is 0 Å². The quantitative estimate of drug-likeness (QED) is 0.776. The predicted octanol–water partition coefficient (Wildman–Crippen LogP) is 1.18. The van der Waals surface area contributed by atoms with E-state index in [4.69, 9.17) is 0 Å². The van der Waals surface area contributed by atoms with E-state index in [1.165, 1.54) is 0 Å². The molecule has 5 heteroatoms. The molecule has 0 aliphatic carbocycles. The molecule has 0 bridgehead atoms. The van der Waals surface area contributed by atoms with Crippen LogP contribution in [0.5, 0.6) is 0 Å². The van der Waals surface area contributed by atoms with Crippen molar-refractivity contribution in [1.29, 1.82) is 0 Å². The van der Waals surface area contributed by atoms with Gasteiger partial charge in [0, 0.05) is 0 Å². The summed E-state index contributed by atoms with van der Waals surface area (Å²) in [4.78, 5) is 12.8. The van der Waals surface area contributed by atoms with Crippen LogP contribution in [0.1, 0.15) is 0 Å². The second kappa shape index (κ2) is 3.17. The van der Waals surface area contributed by atoms with Crippen LogP contribution in [0.3, 0.4) is 0 Å². The maximum atomic E-state index is 4.08. The van der Waals surface area contributed by atoms with Crippen molar-refractivity contribution < 1.29 is 0 Å². The molecule has 0 saturated carbocycles. The fourth-order valence-corrected chi connectivity index (χ4v) is 6.52. The fourth-order valence-electron chi connectivity index (χ4n) is 1.30. The Labute approximate surface area is 81.8 Å². The number of hydrogen-bond donors (Lipinski definition) is 0. The normalized spacial score (nSPS) is 11.8. The molecule has 0 N–H and O–H groups in total. The molecular weight excluding hydrogens is 271 g/mol. The van der Waals surface area contributed by atoms with E-state index in [2.05, 4.69) is 25.4 Å². The summed E-state index contributed by atoms with van der Waals surface area (Å²) in [5, 5.41) is 0. The summed E-state index contributed by atoms with van der Waals surface area (Å²) in [6.07, 6.45) is 11.5. The molecule has 0 spiro atoms. The third kappa shape index (κ3) is 1.50. The van der Waals surface area contributed by atoms with Crippen LogP contribution < -0.4 is 0 Å². The van der Waals surface area contributed by atoms with Crippen molar-refractivity contribution in [2.24, 2.45) is 0 Å². The Bertz CT molecular complexity index is 327. The average molecular weight is 283 g/mol. The van der Waals surface area contributed by atoms with Gasteiger partial charge in [-0.25, -0.2) is 0 Å². The van der Waals surface area contributed by atoms with Crippen LogP contribution in [0.4, 0.5) is 0 Å². The van der Waals surface area contributed by atoms with Gasteiger partial charge in [-0.2, -0.15) is 0 Å². The molecule has 0 unspecified atom stereocenters. The van der Waals surface area contributed by atoms with E-state index in [9.17, 15) is 0 Å². The molecule has 2 heterocycles. The van der Waals surface area contributed by atoms with E-state index in [-0.39, 0.29) is 0 Å². The van der Waals surface area contributed by atoms with Gasteiger partial charge in [0.15, 0.2) is 0 Å². The molecule has 13 heavy (non-hydrogen) atoms. The molecule has 0 aliphatic heterocycles. The Morgan fingerprint density at radius 3 is 1.69 bits per heavy atom. The summed E-state index contributed by atoms with van der Waals surface area (Å²) in [6, 6.07) is 0. The molecule has 2 aromatic rings. The molecule has 4 nitrogen and oxygen atoms in total. The predicted molar refractivity (Wildman–Crippen MR) is 52.7 cm³/mol. The zero-order valence-corrected chi connectivity index (χ0v) is 10.6. The van der Waals surface area contributed by atoms with E-state index in [0.29, 0.717) is 0 Å². The SMILES string of the molecule is [CH3][Sn]([CH3])([n]1ccnc1)[n]1ccnc1. The van der Waals surface area contributed by atoms with Gasteiger partial charge in [0.05, 0.1) is 0 Å². The summed E-state index contributed by atoms with van der Waals surface area (Å²) in [7, 11) is 0. The average Bonchev–Trinajstić information content (AvgIpc) is 2.78. The second-order valence-corrected chi connectivity index (χ2v) is 14.9. The number of hydrogen-bond acceptors (Lipinski definition) is 2. The molecule has 0 aromatic carbocycles. The molecule has 2 rings (SSSR count). The van der Waals surface area contributed by atoms with Gasteiger partial charge in [0.25, 0.3) is 0 Å². The van der Waals surface area contributed by atoms with Gasteiger partial charge < -0.3 is 0 Å². The molecule has 0 aliphatic rings. The van der Waals surface area contributed by atoms with Crippen LogP contribution in [0.15, 0.2) is 37.4 Å². The van der Waals surface area contributed by atoms with E-state index in [1.54, 1.807) is 0 Å². The van der Waals surface area contributed by atoms with Crippen molar-refractivity contribution in [2.45, 2.75) is 9.88 Å². The first kappa shape index (κ1) is 8.80. The van der Waals surface area contributed by atoms with Crippen LogP contribution in [-0.4, -0.2) is 34.5 Å². The molecule has 68 valence electrons. The van der Waals surface area contributed by atoms with Crippen molar-refractivity contribution in [3.05, 3.63) is 37.4 Å². The Hall–Kier alpha value is -0.781. The van der Waals surface area contributed by atoms with Gasteiger partial charge in [-0.3, -0.25) is 0 Å². The van der Waals surface area contributed by atoms with Gasteiger partial charge in [-0.1, -0.05) is 0 Å². The maximum absolute atomic E-state index is 4.08. The molecule has 0 fully saturated rings. The molecule has 2 aromatic heterocycles. The number of rotatable bonds is 2. The van der Waals surface area contributed by atoms with Gasteiger partial charge in [0.1, 0.15) is 0 Å². The van der Waals surface area contributed by atoms with Crippen LogP contribution >= 0.6 is 0 Å². The molecule has 0 atom stereocenters. The molecular formula is C8H12N4Sn. The van der Waals surface area contributed by atoms with E-state index in [1.807, 2.05) is 37.4 Å². The number of aromatic nitrogens is 4. The number of imidazole rings is 2. The summed E-state index contributed by atoms with van der Waals surface area (Å²) in [5.74, 6) is 0. The zero-order valence-electron chi connectivity index (χ0n) is 7.75. The first-order valence-electron chi connectivity index (χ1n) is 4.18. The van der Waals surface area contributed by atoms with Crippen LogP contribution in [0.2, 0.25) is 9.88 Å². The zero-order chi connectivity index (χ0) is 9.31. The van der Waals surface area contributed by atoms with Gasteiger partial charge in [-0.05, 0) is 0 Å². The summed E-state index contributed by atoms with van der Waals surface area (Å²) < 4.78 is 4.49. The Balaban J connectivity index is 2.42. The first-order chi connectivity index (χ1) is 6.21. The van der Waals surface area contributed by atoms with Crippen molar-refractivity contribution in [3.8, 4) is 0 Å². The van der Waals surface area contributed by atoms with Crippen molar-refractivity contribution in [1.82, 2.24) is 15.5 Å². The van der Waals surface area contributed by atoms with Crippen molar-refractivity contribution >= 4 is 18.9 Å². The van der Waals surface area contributed by atoms with Gasteiger partial charge in [-0.15, -0.1) is 0 Å². The third-order valence-corrected chi connectivity index (χ3v) is 11.0. The third-order valence-electron chi connectivity index (χ3n) is 2.27. The topological polar surface area (TPSA) is 35.6 Å². The minimum atomic E-state index is -2.41. The monoisotopic (exact) mass is 284 g/mol. The number of nitrogens with zero attached hydrogens (tertiary/aromatic N) is 4. The molecule has 0 radical (unpaired) electrons. The fraction of sp³-hybridized carbons (Fsp3) is 0.250. The summed E-state index contributed by atoms with van der Waals surface area (Å²) >= 11 is -2.41. The van der Waals surface area contributed by atoms with Crippen LogP contribution in [0, 0.1) is 0 Å². The molecule has 0 amide bonds. The Morgan fingerprint density at radius 2 is 1.38 bits per heavy atom. The van der Waals surface area contributed by atoms with Crippen molar-refractivity contribution in [3.63, 3.8) is 0 Å². The van der Waals surface area contributed by atoms with Crippen molar-refractivity contribution in [2.75, 3.05) is 0 Å². The first-order valence-corrected chi connectivity index (χ1v) is 12.4. The summed E-state index contributed by atoms with van der Waals surface area (Å²) in [6.45, 7) is 0. The second-order valence-electron chi connectivity index (χ2n) is 3.43.